The molecule has 5 atom stereocenters. The lowest BCUT2D eigenvalue weighted by molar-refractivity contribution is -0.0907. The van der Waals surface area contributed by atoms with Crippen LogP contribution in [-0.4, -0.2) is 84.9 Å². The van der Waals surface area contributed by atoms with E-state index in [0.717, 1.165) is 22.0 Å². The highest BCUT2D eigenvalue weighted by Gasteiger charge is 2.44. The second-order valence-electron chi connectivity index (χ2n) is 12.6. The maximum Gasteiger partial charge on any atom is 0.407 e. The van der Waals surface area contributed by atoms with Crippen LogP contribution in [0, 0.1) is 11.8 Å². The molecule has 49 heavy (non-hydrogen) atoms. The number of aliphatic hydroxyl groups is 1. The number of nitrogens with one attached hydrogen (secondary N) is 1. The fourth-order valence-corrected chi connectivity index (χ4v) is 7.90. The van der Waals surface area contributed by atoms with Gasteiger partial charge in [-0.05, 0) is 72.9 Å². The Morgan fingerprint density at radius 2 is 1.73 bits per heavy atom. The van der Waals surface area contributed by atoms with Gasteiger partial charge in [0.15, 0.2) is 6.29 Å². The van der Waals surface area contributed by atoms with Gasteiger partial charge in [-0.25, -0.2) is 13.2 Å². The molecule has 0 spiro atoms. The largest absolute Gasteiger partial charge is 0.443 e. The highest BCUT2D eigenvalue weighted by Crippen LogP contribution is 2.33. The van der Waals surface area contributed by atoms with E-state index in [2.05, 4.69) is 31.4 Å². The van der Waals surface area contributed by atoms with Gasteiger partial charge in [0, 0.05) is 28.7 Å². The van der Waals surface area contributed by atoms with Crippen LogP contribution >= 0.6 is 15.9 Å². The Bertz CT molecular complexity index is 1810. The first-order valence-corrected chi connectivity index (χ1v) is 18.4. The Morgan fingerprint density at radius 3 is 2.45 bits per heavy atom. The van der Waals surface area contributed by atoms with E-state index in [4.69, 9.17) is 18.7 Å². The van der Waals surface area contributed by atoms with E-state index >= 15 is 0 Å². The van der Waals surface area contributed by atoms with Gasteiger partial charge in [0.2, 0.25) is 15.8 Å². The van der Waals surface area contributed by atoms with Crippen LogP contribution in [0.15, 0.2) is 92.8 Å². The molecule has 14 heteroatoms. The van der Waals surface area contributed by atoms with E-state index in [1.54, 1.807) is 12.1 Å². The molecule has 2 aliphatic rings. The van der Waals surface area contributed by atoms with Crippen molar-refractivity contribution < 1.29 is 37.1 Å². The number of benzene rings is 3. The smallest absolute Gasteiger partial charge is 0.407 e. The summed E-state index contributed by atoms with van der Waals surface area (Å²) in [5, 5.41) is 18.5. The molecule has 6 rings (SSSR count). The SMILES string of the molecule is CC(C)CN(C[C@@H](O)[C@H](Cc1ccccc1)NC(=O)OC1COC2OCCC12)S(=O)(=O)c1ccc(-c2noc(-c3ccc(Br)cc3)n2)cc1. The minimum atomic E-state index is -4.07. The van der Waals surface area contributed by atoms with E-state index < -0.39 is 34.4 Å². The standard InChI is InChI=1S/C35H39BrN4O8S/c1-22(2)19-40(49(43,44)27-14-10-24(11-15-27)32-38-33(48-39-32)25-8-12-26(36)13-9-25)20-30(41)29(18-23-6-4-3-5-7-23)37-35(42)47-31-21-46-34-28(31)16-17-45-34/h3-15,22,28-31,34,41H,16-21H2,1-2H3,(H,37,42)/t28?,29-,30+,31?,34?/m0/s1. The molecule has 0 saturated carbocycles. The lowest BCUT2D eigenvalue weighted by Gasteiger charge is -2.31. The number of carbonyl (C=O) groups excluding carboxylic acids is 1. The van der Waals surface area contributed by atoms with Gasteiger partial charge in [0.1, 0.15) is 6.10 Å². The highest BCUT2D eigenvalue weighted by atomic mass is 79.9. The Morgan fingerprint density at radius 1 is 1.02 bits per heavy atom. The Balaban J connectivity index is 1.17. The molecular formula is C35H39BrN4O8S. The molecule has 1 amide bonds. The molecule has 2 fully saturated rings. The molecule has 0 aliphatic carbocycles. The lowest BCUT2D eigenvalue weighted by atomic mass is 10.0. The maximum atomic E-state index is 14.0. The van der Waals surface area contributed by atoms with Gasteiger partial charge >= 0.3 is 6.09 Å². The second-order valence-corrected chi connectivity index (χ2v) is 15.5. The summed E-state index contributed by atoms with van der Waals surface area (Å²) in [6, 6.07) is 22.2. The van der Waals surface area contributed by atoms with E-state index in [1.165, 1.54) is 16.4 Å². The summed E-state index contributed by atoms with van der Waals surface area (Å²) in [6.45, 7) is 4.46. The van der Waals surface area contributed by atoms with Gasteiger partial charge in [-0.15, -0.1) is 0 Å². The lowest BCUT2D eigenvalue weighted by Crippen LogP contribution is -2.51. The van der Waals surface area contributed by atoms with Crippen molar-refractivity contribution in [2.45, 2.75) is 56.1 Å². The Kier molecular flexibility index (Phi) is 11.1. The number of amides is 1. The third kappa shape index (κ3) is 8.56. The van der Waals surface area contributed by atoms with Crippen molar-refractivity contribution >= 4 is 32.0 Å². The zero-order valence-electron chi connectivity index (χ0n) is 27.1. The van der Waals surface area contributed by atoms with E-state index in [9.17, 15) is 18.3 Å². The minimum Gasteiger partial charge on any atom is -0.443 e. The fourth-order valence-electron chi connectivity index (χ4n) is 6.01. The van der Waals surface area contributed by atoms with Gasteiger partial charge in [-0.1, -0.05) is 65.3 Å². The van der Waals surface area contributed by atoms with Gasteiger partial charge in [-0.2, -0.15) is 9.29 Å². The first-order chi connectivity index (χ1) is 23.6. The monoisotopic (exact) mass is 754 g/mol. The third-order valence-corrected chi connectivity index (χ3v) is 10.9. The summed E-state index contributed by atoms with van der Waals surface area (Å²) >= 11 is 3.41. The van der Waals surface area contributed by atoms with Crippen molar-refractivity contribution in [2.75, 3.05) is 26.3 Å². The van der Waals surface area contributed by atoms with Crippen LogP contribution in [0.1, 0.15) is 25.8 Å². The van der Waals surface area contributed by atoms with E-state index in [1.807, 2.05) is 68.4 Å². The van der Waals surface area contributed by atoms with Gasteiger partial charge in [-0.3, -0.25) is 0 Å². The number of hydrogen-bond donors (Lipinski definition) is 2. The number of halogens is 1. The predicted molar refractivity (Wildman–Crippen MR) is 184 cm³/mol. The van der Waals surface area contributed by atoms with Crippen molar-refractivity contribution in [3.05, 3.63) is 88.9 Å². The van der Waals surface area contributed by atoms with Crippen molar-refractivity contribution in [1.82, 2.24) is 19.8 Å². The number of alkyl carbamates (subject to hydrolysis) is 1. The quantitative estimate of drug-likeness (QED) is 0.185. The molecule has 3 heterocycles. The van der Waals surface area contributed by atoms with Crippen molar-refractivity contribution in [3.8, 4) is 22.8 Å². The van der Waals surface area contributed by atoms with Crippen LogP contribution in [0.4, 0.5) is 4.79 Å². The molecule has 2 N–H and O–H groups in total. The highest BCUT2D eigenvalue weighted by molar-refractivity contribution is 9.10. The molecular weight excluding hydrogens is 716 g/mol. The van der Waals surface area contributed by atoms with Gasteiger partial charge < -0.3 is 29.2 Å². The Labute approximate surface area is 293 Å². The topological polar surface area (TPSA) is 153 Å². The number of carbonyl (C=O) groups is 1. The van der Waals surface area contributed by atoms with Crippen LogP contribution in [0.3, 0.4) is 0 Å². The zero-order valence-corrected chi connectivity index (χ0v) is 29.5. The number of rotatable bonds is 13. The predicted octanol–water partition coefficient (Wildman–Crippen LogP) is 5.27. The number of ether oxygens (including phenoxy) is 3. The molecule has 2 aliphatic heterocycles. The van der Waals surface area contributed by atoms with Crippen LogP contribution in [-0.2, 0) is 30.7 Å². The first kappa shape index (κ1) is 35.2. The summed E-state index contributed by atoms with van der Waals surface area (Å²) in [4.78, 5) is 17.6. The molecule has 4 aromatic rings. The number of aliphatic hydroxyl groups excluding tert-OH is 1. The summed E-state index contributed by atoms with van der Waals surface area (Å²) in [5.41, 5.74) is 2.19. The van der Waals surface area contributed by atoms with Crippen LogP contribution in [0.2, 0.25) is 0 Å². The summed E-state index contributed by atoms with van der Waals surface area (Å²) in [5.74, 6) is 0.562. The summed E-state index contributed by atoms with van der Waals surface area (Å²) < 4.78 is 52.5. The fraction of sp³-hybridized carbons (Fsp3) is 0.400. The van der Waals surface area contributed by atoms with Crippen LogP contribution < -0.4 is 5.32 Å². The van der Waals surface area contributed by atoms with Crippen molar-refractivity contribution in [2.24, 2.45) is 11.8 Å². The minimum absolute atomic E-state index is 0.0438. The van der Waals surface area contributed by atoms with Crippen molar-refractivity contribution in [1.29, 1.82) is 0 Å². The van der Waals surface area contributed by atoms with E-state index in [-0.39, 0.29) is 49.1 Å². The zero-order chi connectivity index (χ0) is 34.5. The van der Waals surface area contributed by atoms with Gasteiger partial charge in [0.05, 0.1) is 36.2 Å². The molecule has 3 aromatic carbocycles. The number of aromatic nitrogens is 2. The summed E-state index contributed by atoms with van der Waals surface area (Å²) in [7, 11) is -4.07. The number of hydrogen-bond acceptors (Lipinski definition) is 10. The number of sulfonamides is 1. The average molecular weight is 756 g/mol. The molecule has 260 valence electrons. The third-order valence-electron chi connectivity index (χ3n) is 8.54. The number of nitrogens with zero attached hydrogens (tertiary/aromatic N) is 3. The normalized spacial score (nSPS) is 20.3. The molecule has 12 nitrogen and oxygen atoms in total. The number of fused-ring (bicyclic) bond motifs is 1. The molecule has 3 unspecified atom stereocenters. The maximum absolute atomic E-state index is 14.0. The molecule has 0 radical (unpaired) electrons. The average Bonchev–Trinajstić information content (AvgIpc) is 3.85. The van der Waals surface area contributed by atoms with Crippen molar-refractivity contribution in [3.63, 3.8) is 0 Å². The summed E-state index contributed by atoms with van der Waals surface area (Å²) in [6.07, 6.45) is -1.84. The van der Waals surface area contributed by atoms with Crippen LogP contribution in [0.5, 0.6) is 0 Å². The first-order valence-electron chi connectivity index (χ1n) is 16.2. The van der Waals surface area contributed by atoms with Gasteiger partial charge in [0.25, 0.3) is 5.89 Å². The molecule has 0 bridgehead atoms. The molecule has 2 saturated heterocycles. The van der Waals surface area contributed by atoms with Crippen LogP contribution in [0.25, 0.3) is 22.8 Å². The van der Waals surface area contributed by atoms with E-state index in [0.29, 0.717) is 23.9 Å². The second kappa shape index (κ2) is 15.5. The Hall–Kier alpha value is -3.66. The molecule has 1 aromatic heterocycles.